The molecule has 4 rings (SSSR count). The molecule has 0 atom stereocenters. The van der Waals surface area contributed by atoms with Crippen LogP contribution < -0.4 is 10.1 Å². The van der Waals surface area contributed by atoms with Crippen LogP contribution in [0.5, 0.6) is 5.75 Å². The summed E-state index contributed by atoms with van der Waals surface area (Å²) in [5.74, 6) is 1.32. The molecule has 0 spiro atoms. The highest BCUT2D eigenvalue weighted by Gasteiger charge is 2.20. The number of hydrogen-bond acceptors (Lipinski definition) is 8. The number of nitro benzene ring substituents is 1. The quantitative estimate of drug-likeness (QED) is 0.182. The van der Waals surface area contributed by atoms with Crippen LogP contribution in [-0.4, -0.2) is 44.3 Å². The summed E-state index contributed by atoms with van der Waals surface area (Å²) in [5, 5.41) is 14.6. The predicted octanol–water partition coefficient (Wildman–Crippen LogP) is 4.13. The van der Waals surface area contributed by atoms with Crippen LogP contribution in [0.25, 0.3) is 17.8 Å². The van der Waals surface area contributed by atoms with Crippen LogP contribution in [-0.2, 0) is 14.3 Å². The minimum Gasteiger partial charge on any atom is -0.490 e. The molecule has 2 aliphatic rings. The Kier molecular flexibility index (Phi) is 7.04. The lowest BCUT2D eigenvalue weighted by Gasteiger charge is -2.20. The molecular weight excluding hydrogens is 470 g/mol. The highest BCUT2D eigenvalue weighted by Crippen LogP contribution is 2.28. The molecule has 0 unspecified atom stereocenters. The third-order valence-corrected chi connectivity index (χ3v) is 5.92. The number of nitrogens with zero attached hydrogens (tertiary/aromatic N) is 2. The fourth-order valence-electron chi connectivity index (χ4n) is 3.62. The fourth-order valence-corrected chi connectivity index (χ4v) is 3.99. The van der Waals surface area contributed by atoms with Gasteiger partial charge in [0.25, 0.3) is 15.8 Å². The smallest absolute Gasteiger partial charge is 0.273 e. The minimum atomic E-state index is -3.59. The van der Waals surface area contributed by atoms with E-state index in [2.05, 4.69) is 39.7 Å². The molecule has 2 aromatic carbocycles. The zero-order valence-corrected chi connectivity index (χ0v) is 20.1. The second-order valence-electron chi connectivity index (χ2n) is 8.17. The molecule has 1 N–H and O–H groups in total. The average molecular weight is 496 g/mol. The van der Waals surface area contributed by atoms with Crippen LogP contribution in [0, 0.1) is 10.1 Å². The normalized spacial score (nSPS) is 15.3. The monoisotopic (exact) mass is 495 g/mol. The number of rotatable bonds is 9. The second-order valence-corrected chi connectivity index (χ2v) is 9.81. The molecule has 0 saturated heterocycles. The van der Waals surface area contributed by atoms with Crippen LogP contribution in [0.15, 0.2) is 72.2 Å². The summed E-state index contributed by atoms with van der Waals surface area (Å²) in [6.07, 6.45) is 10.9. The van der Waals surface area contributed by atoms with Crippen molar-refractivity contribution in [3.8, 4) is 5.75 Å². The number of ether oxygens (including phenoxy) is 1. The van der Waals surface area contributed by atoms with Crippen LogP contribution in [0.3, 0.4) is 0 Å². The lowest BCUT2D eigenvalue weighted by molar-refractivity contribution is -0.384. The van der Waals surface area contributed by atoms with Crippen molar-refractivity contribution in [1.82, 2.24) is 10.2 Å². The molecule has 9 nitrogen and oxygen atoms in total. The third kappa shape index (κ3) is 6.37. The van der Waals surface area contributed by atoms with Gasteiger partial charge in [0.15, 0.2) is 0 Å². The molecule has 2 aromatic rings. The molecule has 0 aliphatic carbocycles. The summed E-state index contributed by atoms with van der Waals surface area (Å²) in [6, 6.07) is 12.3. The molecule has 35 heavy (non-hydrogen) atoms. The van der Waals surface area contributed by atoms with Gasteiger partial charge in [-0.1, -0.05) is 48.1 Å². The number of allylic oxidation sites excluding steroid dienone is 2. The summed E-state index contributed by atoms with van der Waals surface area (Å²) in [5.41, 5.74) is 4.81. The molecule has 0 fully saturated rings. The molecule has 0 amide bonds. The maximum Gasteiger partial charge on any atom is 0.273 e. The van der Waals surface area contributed by atoms with Gasteiger partial charge in [-0.3, -0.25) is 14.3 Å². The summed E-state index contributed by atoms with van der Waals surface area (Å²) in [7, 11) is -3.59. The van der Waals surface area contributed by atoms with E-state index < -0.39 is 15.0 Å². The average Bonchev–Trinajstić information content (AvgIpc) is 3.23. The van der Waals surface area contributed by atoms with E-state index in [0.717, 1.165) is 35.4 Å². The third-order valence-electron chi connectivity index (χ3n) is 5.33. The fraction of sp³-hybridized carbons (Fsp3) is 0.200. The van der Waals surface area contributed by atoms with E-state index in [-0.39, 0.29) is 24.7 Å². The first-order chi connectivity index (χ1) is 16.7. The Labute approximate surface area is 203 Å². The molecule has 0 bridgehead atoms. The van der Waals surface area contributed by atoms with Crippen LogP contribution in [0.4, 0.5) is 5.69 Å². The van der Waals surface area contributed by atoms with E-state index in [4.69, 9.17) is 4.74 Å². The van der Waals surface area contributed by atoms with Gasteiger partial charge in [0.05, 0.1) is 22.9 Å². The summed E-state index contributed by atoms with van der Waals surface area (Å²) >= 11 is 0. The zero-order chi connectivity index (χ0) is 25.0. The standard InChI is InChI=1S/C25H25N3O6S/c1-18-3-12-25-26-23(17-27(25)16-18)20-7-4-19(5-8-20)6-9-21-10-11-22(28(29)30)15-24(21)33-13-14-34-35(2,31)32/h3-12,15,17,26H,13-14,16H2,1-2H3/b9-6+. The van der Waals surface area contributed by atoms with Crippen molar-refractivity contribution in [1.29, 1.82) is 0 Å². The van der Waals surface area contributed by atoms with Gasteiger partial charge in [0.1, 0.15) is 24.8 Å². The van der Waals surface area contributed by atoms with Crippen molar-refractivity contribution in [3.63, 3.8) is 0 Å². The Morgan fingerprint density at radius 3 is 2.60 bits per heavy atom. The Morgan fingerprint density at radius 1 is 1.11 bits per heavy atom. The van der Waals surface area contributed by atoms with Crippen molar-refractivity contribution in [3.05, 3.63) is 99.0 Å². The van der Waals surface area contributed by atoms with Gasteiger partial charge < -0.3 is 15.0 Å². The van der Waals surface area contributed by atoms with Crippen molar-refractivity contribution in [2.45, 2.75) is 6.92 Å². The van der Waals surface area contributed by atoms with Gasteiger partial charge in [0, 0.05) is 24.4 Å². The largest absolute Gasteiger partial charge is 0.490 e. The molecule has 2 aliphatic heterocycles. The number of non-ortho nitro benzene ring substituents is 1. The first-order valence-corrected chi connectivity index (χ1v) is 12.7. The van der Waals surface area contributed by atoms with Gasteiger partial charge in [-0.2, -0.15) is 8.42 Å². The van der Waals surface area contributed by atoms with Crippen LogP contribution in [0.1, 0.15) is 23.6 Å². The van der Waals surface area contributed by atoms with E-state index in [1.807, 2.05) is 30.3 Å². The van der Waals surface area contributed by atoms with E-state index in [1.54, 1.807) is 12.1 Å². The van der Waals surface area contributed by atoms with Crippen LogP contribution >= 0.6 is 0 Å². The van der Waals surface area contributed by atoms with E-state index in [1.165, 1.54) is 17.7 Å². The van der Waals surface area contributed by atoms with Crippen LogP contribution in [0.2, 0.25) is 0 Å². The lowest BCUT2D eigenvalue weighted by Crippen LogP contribution is -2.22. The Balaban J connectivity index is 1.46. The number of hydrogen-bond donors (Lipinski definition) is 1. The Bertz CT molecular complexity index is 1360. The Morgan fingerprint density at radius 2 is 1.89 bits per heavy atom. The first kappa shape index (κ1) is 24.2. The molecule has 0 aromatic heterocycles. The predicted molar refractivity (Wildman–Crippen MR) is 134 cm³/mol. The minimum absolute atomic E-state index is 0.0750. The number of nitrogens with one attached hydrogen (secondary N) is 1. The molecule has 2 heterocycles. The molecular formula is C25H25N3O6S. The summed E-state index contributed by atoms with van der Waals surface area (Å²) in [4.78, 5) is 12.8. The highest BCUT2D eigenvalue weighted by atomic mass is 32.2. The molecule has 0 radical (unpaired) electrons. The van der Waals surface area contributed by atoms with E-state index >= 15 is 0 Å². The summed E-state index contributed by atoms with van der Waals surface area (Å²) in [6.45, 7) is 2.70. The second kappa shape index (κ2) is 10.2. The van der Waals surface area contributed by atoms with E-state index in [0.29, 0.717) is 5.56 Å². The Hall–Kier alpha value is -3.89. The maximum absolute atomic E-state index is 11.2. The van der Waals surface area contributed by atoms with Crippen molar-refractivity contribution in [2.24, 2.45) is 0 Å². The first-order valence-electron chi connectivity index (χ1n) is 10.8. The molecule has 182 valence electrons. The number of benzene rings is 2. The van der Waals surface area contributed by atoms with Gasteiger partial charge in [-0.15, -0.1) is 0 Å². The maximum atomic E-state index is 11.2. The van der Waals surface area contributed by atoms with Crippen molar-refractivity contribution in [2.75, 3.05) is 26.0 Å². The van der Waals surface area contributed by atoms with E-state index in [9.17, 15) is 18.5 Å². The molecule has 10 heteroatoms. The number of fused-ring (bicyclic) bond motifs is 1. The van der Waals surface area contributed by atoms with Crippen molar-refractivity contribution < 1.29 is 22.3 Å². The highest BCUT2D eigenvalue weighted by molar-refractivity contribution is 7.85. The SMILES string of the molecule is CC1=CC=C2NC(c3ccc(/C=C/c4ccc([N+](=O)[O-])cc4OCCOS(C)(=O)=O)cc3)=CN2C1. The number of nitro groups is 1. The molecule has 0 saturated carbocycles. The van der Waals surface area contributed by atoms with Gasteiger partial charge >= 0.3 is 0 Å². The van der Waals surface area contributed by atoms with Gasteiger partial charge in [0.2, 0.25) is 0 Å². The lowest BCUT2D eigenvalue weighted by atomic mass is 10.1. The van der Waals surface area contributed by atoms with Crippen molar-refractivity contribution >= 4 is 33.7 Å². The van der Waals surface area contributed by atoms with Gasteiger partial charge in [-0.05, 0) is 30.2 Å². The zero-order valence-electron chi connectivity index (χ0n) is 19.3. The van der Waals surface area contributed by atoms with Gasteiger partial charge in [-0.25, -0.2) is 0 Å². The summed E-state index contributed by atoms with van der Waals surface area (Å²) < 4.78 is 32.5. The topological polar surface area (TPSA) is 111 Å².